The van der Waals surface area contributed by atoms with Crippen molar-refractivity contribution >= 4 is 11.7 Å². The molecule has 0 saturated carbocycles. The highest BCUT2D eigenvalue weighted by Crippen LogP contribution is 2.14. The third-order valence-corrected chi connectivity index (χ3v) is 3.69. The number of nitrogens with one attached hydrogen (secondary N) is 2. The fraction of sp³-hybridized carbons (Fsp3) is 0.316. The fourth-order valence-corrected chi connectivity index (χ4v) is 2.36. The highest BCUT2D eigenvalue weighted by molar-refractivity contribution is 5.89. The van der Waals surface area contributed by atoms with Crippen molar-refractivity contribution in [1.82, 2.24) is 5.32 Å². The standard InChI is InChI=1S/C19H24N2O/c1-3-7-16-10-12-18(13-11-16)21-19(22)20-14-15(2)17-8-5-4-6-9-17/h4-6,8-13,15H,3,7,14H2,1-2H3,(H2,20,21,22). The number of benzene rings is 2. The Kier molecular flexibility index (Phi) is 6.01. The Hall–Kier alpha value is -2.29. The van der Waals surface area contributed by atoms with Crippen LogP contribution in [-0.4, -0.2) is 12.6 Å². The van der Waals surface area contributed by atoms with E-state index >= 15 is 0 Å². The van der Waals surface area contributed by atoms with E-state index in [1.807, 2.05) is 30.3 Å². The lowest BCUT2D eigenvalue weighted by molar-refractivity contribution is 0.251. The summed E-state index contributed by atoms with van der Waals surface area (Å²) in [5, 5.41) is 5.79. The maximum atomic E-state index is 11.9. The lowest BCUT2D eigenvalue weighted by Gasteiger charge is -2.14. The van der Waals surface area contributed by atoms with Gasteiger partial charge >= 0.3 is 6.03 Å². The van der Waals surface area contributed by atoms with Crippen LogP contribution < -0.4 is 10.6 Å². The normalized spacial score (nSPS) is 11.7. The van der Waals surface area contributed by atoms with E-state index in [1.54, 1.807) is 0 Å². The number of urea groups is 1. The van der Waals surface area contributed by atoms with Crippen molar-refractivity contribution in [3.63, 3.8) is 0 Å². The Morgan fingerprint density at radius 3 is 2.36 bits per heavy atom. The van der Waals surface area contributed by atoms with Crippen molar-refractivity contribution in [1.29, 1.82) is 0 Å². The monoisotopic (exact) mass is 296 g/mol. The molecule has 0 heterocycles. The van der Waals surface area contributed by atoms with E-state index in [9.17, 15) is 4.79 Å². The first-order valence-electron chi connectivity index (χ1n) is 7.87. The number of hydrogen-bond donors (Lipinski definition) is 2. The van der Waals surface area contributed by atoms with Crippen LogP contribution in [0.4, 0.5) is 10.5 Å². The maximum Gasteiger partial charge on any atom is 0.319 e. The van der Waals surface area contributed by atoms with Gasteiger partial charge in [-0.2, -0.15) is 0 Å². The van der Waals surface area contributed by atoms with Gasteiger partial charge in [0, 0.05) is 12.2 Å². The molecule has 0 aliphatic rings. The molecule has 2 amide bonds. The summed E-state index contributed by atoms with van der Waals surface area (Å²) >= 11 is 0. The SMILES string of the molecule is CCCc1ccc(NC(=O)NCC(C)c2ccccc2)cc1. The quantitative estimate of drug-likeness (QED) is 0.806. The highest BCUT2D eigenvalue weighted by atomic mass is 16.2. The third kappa shape index (κ3) is 4.92. The van der Waals surface area contributed by atoms with Crippen LogP contribution in [-0.2, 0) is 6.42 Å². The minimum absolute atomic E-state index is 0.161. The minimum atomic E-state index is -0.161. The molecule has 116 valence electrons. The van der Waals surface area contributed by atoms with Crippen LogP contribution in [0.5, 0.6) is 0 Å². The van der Waals surface area contributed by atoms with Gasteiger partial charge in [0.15, 0.2) is 0 Å². The van der Waals surface area contributed by atoms with E-state index in [1.165, 1.54) is 11.1 Å². The molecule has 3 nitrogen and oxygen atoms in total. The number of rotatable bonds is 6. The van der Waals surface area contributed by atoms with Gasteiger partial charge in [0.2, 0.25) is 0 Å². The van der Waals surface area contributed by atoms with Crippen LogP contribution in [0.15, 0.2) is 54.6 Å². The molecule has 0 aromatic heterocycles. The Morgan fingerprint density at radius 1 is 1.05 bits per heavy atom. The molecule has 0 spiro atoms. The molecular weight excluding hydrogens is 272 g/mol. The average Bonchev–Trinajstić information content (AvgIpc) is 2.55. The Bertz CT molecular complexity index is 578. The van der Waals surface area contributed by atoms with Gasteiger partial charge < -0.3 is 10.6 Å². The maximum absolute atomic E-state index is 11.9. The van der Waals surface area contributed by atoms with Crippen molar-refractivity contribution < 1.29 is 4.79 Å². The lowest BCUT2D eigenvalue weighted by Crippen LogP contribution is -2.31. The van der Waals surface area contributed by atoms with Gasteiger partial charge in [-0.1, -0.05) is 62.7 Å². The Labute approximate surface area is 132 Å². The smallest absolute Gasteiger partial charge is 0.319 e. The molecule has 3 heteroatoms. The van der Waals surface area contributed by atoms with E-state index in [0.29, 0.717) is 12.5 Å². The summed E-state index contributed by atoms with van der Waals surface area (Å²) in [6, 6.07) is 18.1. The topological polar surface area (TPSA) is 41.1 Å². The van der Waals surface area contributed by atoms with Gasteiger partial charge in [-0.15, -0.1) is 0 Å². The molecule has 0 bridgehead atoms. The number of carbonyl (C=O) groups excluding carboxylic acids is 1. The first kappa shape index (κ1) is 16.1. The number of anilines is 1. The molecular formula is C19H24N2O. The van der Waals surface area contributed by atoms with Crippen molar-refractivity contribution in [2.24, 2.45) is 0 Å². The second kappa shape index (κ2) is 8.23. The zero-order valence-corrected chi connectivity index (χ0v) is 13.3. The molecule has 0 aliphatic heterocycles. The zero-order valence-electron chi connectivity index (χ0n) is 13.3. The Morgan fingerprint density at radius 2 is 1.73 bits per heavy atom. The van der Waals surface area contributed by atoms with Crippen LogP contribution in [0.1, 0.15) is 37.3 Å². The molecule has 22 heavy (non-hydrogen) atoms. The van der Waals surface area contributed by atoms with E-state index in [-0.39, 0.29) is 6.03 Å². The van der Waals surface area contributed by atoms with E-state index in [0.717, 1.165) is 18.5 Å². The van der Waals surface area contributed by atoms with Crippen LogP contribution >= 0.6 is 0 Å². The summed E-state index contributed by atoms with van der Waals surface area (Å²) < 4.78 is 0. The van der Waals surface area contributed by atoms with Crippen LogP contribution in [0, 0.1) is 0 Å². The average molecular weight is 296 g/mol. The number of amides is 2. The number of hydrogen-bond acceptors (Lipinski definition) is 1. The summed E-state index contributed by atoms with van der Waals surface area (Å²) in [7, 11) is 0. The summed E-state index contributed by atoms with van der Waals surface area (Å²) in [4.78, 5) is 11.9. The predicted molar refractivity (Wildman–Crippen MR) is 92.3 cm³/mol. The van der Waals surface area contributed by atoms with E-state index in [4.69, 9.17) is 0 Å². The molecule has 0 radical (unpaired) electrons. The Balaban J connectivity index is 1.80. The van der Waals surface area contributed by atoms with Crippen LogP contribution in [0.25, 0.3) is 0 Å². The lowest BCUT2D eigenvalue weighted by atomic mass is 10.0. The van der Waals surface area contributed by atoms with E-state index in [2.05, 4.69) is 48.7 Å². The van der Waals surface area contributed by atoms with Gasteiger partial charge in [-0.05, 0) is 35.6 Å². The fourth-order valence-electron chi connectivity index (χ4n) is 2.36. The van der Waals surface area contributed by atoms with Crippen LogP contribution in [0.2, 0.25) is 0 Å². The van der Waals surface area contributed by atoms with Crippen molar-refractivity contribution in [3.05, 3.63) is 65.7 Å². The molecule has 1 unspecified atom stereocenters. The van der Waals surface area contributed by atoms with Gasteiger partial charge in [0.25, 0.3) is 0 Å². The molecule has 0 saturated heterocycles. The van der Waals surface area contributed by atoms with Crippen molar-refractivity contribution in [2.45, 2.75) is 32.6 Å². The molecule has 2 N–H and O–H groups in total. The minimum Gasteiger partial charge on any atom is -0.337 e. The second-order valence-corrected chi connectivity index (χ2v) is 5.59. The highest BCUT2D eigenvalue weighted by Gasteiger charge is 2.07. The first-order chi connectivity index (χ1) is 10.7. The summed E-state index contributed by atoms with van der Waals surface area (Å²) in [6.07, 6.45) is 2.20. The van der Waals surface area contributed by atoms with Crippen molar-refractivity contribution in [2.75, 3.05) is 11.9 Å². The third-order valence-electron chi connectivity index (χ3n) is 3.69. The number of aryl methyl sites for hydroxylation is 1. The predicted octanol–water partition coefficient (Wildman–Crippen LogP) is 4.56. The molecule has 2 rings (SSSR count). The summed E-state index contributed by atoms with van der Waals surface area (Å²) in [6.45, 7) is 4.88. The molecule has 0 aliphatic carbocycles. The molecule has 0 fully saturated rings. The largest absolute Gasteiger partial charge is 0.337 e. The van der Waals surface area contributed by atoms with Gasteiger partial charge in [-0.25, -0.2) is 4.79 Å². The van der Waals surface area contributed by atoms with Gasteiger partial charge in [-0.3, -0.25) is 0 Å². The zero-order chi connectivity index (χ0) is 15.8. The second-order valence-electron chi connectivity index (χ2n) is 5.59. The summed E-state index contributed by atoms with van der Waals surface area (Å²) in [5.41, 5.74) is 3.35. The summed E-state index contributed by atoms with van der Waals surface area (Å²) in [5.74, 6) is 0.291. The van der Waals surface area contributed by atoms with Crippen LogP contribution in [0.3, 0.4) is 0 Å². The van der Waals surface area contributed by atoms with Gasteiger partial charge in [0.05, 0.1) is 0 Å². The molecule has 1 atom stereocenters. The van der Waals surface area contributed by atoms with Gasteiger partial charge in [0.1, 0.15) is 0 Å². The first-order valence-corrected chi connectivity index (χ1v) is 7.87. The van der Waals surface area contributed by atoms with E-state index < -0.39 is 0 Å². The molecule has 2 aromatic rings. The molecule has 2 aromatic carbocycles. The van der Waals surface area contributed by atoms with Crippen molar-refractivity contribution in [3.8, 4) is 0 Å². The number of carbonyl (C=O) groups is 1.